The zero-order valence-electron chi connectivity index (χ0n) is 11.3. The maximum atomic E-state index is 9.73. The van der Waals surface area contributed by atoms with Crippen LogP contribution in [0.2, 0.25) is 5.02 Å². The molecular formula is C17H14ClNO2. The third-order valence-electron chi connectivity index (χ3n) is 4.17. The smallest absolute Gasteiger partial charge is 0.117 e. The van der Waals surface area contributed by atoms with Crippen molar-refractivity contribution in [3.8, 4) is 17.6 Å². The van der Waals surface area contributed by atoms with Crippen molar-refractivity contribution in [2.24, 2.45) is 0 Å². The molecule has 4 heteroatoms. The number of nitriles is 1. The minimum atomic E-state index is -0.621. The van der Waals surface area contributed by atoms with Crippen LogP contribution in [0.15, 0.2) is 36.4 Å². The lowest BCUT2D eigenvalue weighted by atomic mass is 9.78. The number of hydrogen-bond donors (Lipinski definition) is 2. The number of phenols is 2. The van der Waals surface area contributed by atoms with Crippen LogP contribution >= 0.6 is 11.6 Å². The van der Waals surface area contributed by atoms with Crippen LogP contribution in [-0.4, -0.2) is 10.2 Å². The van der Waals surface area contributed by atoms with E-state index in [1.165, 1.54) is 6.07 Å². The molecule has 0 heterocycles. The molecule has 1 atom stereocenters. The van der Waals surface area contributed by atoms with Crippen LogP contribution in [0.5, 0.6) is 11.5 Å². The maximum Gasteiger partial charge on any atom is 0.117 e. The molecule has 0 bridgehead atoms. The van der Waals surface area contributed by atoms with Gasteiger partial charge in [-0.25, -0.2) is 0 Å². The summed E-state index contributed by atoms with van der Waals surface area (Å²) in [6.45, 7) is 0. The first-order valence-corrected chi connectivity index (χ1v) is 7.13. The summed E-state index contributed by atoms with van der Waals surface area (Å²) in [5.74, 6) is 0.344. The summed E-state index contributed by atoms with van der Waals surface area (Å²) in [6.07, 6.45) is 1.98. The van der Waals surface area contributed by atoms with Crippen LogP contribution in [0.4, 0.5) is 0 Å². The number of fused-ring (bicyclic) bond motifs is 1. The maximum absolute atomic E-state index is 9.73. The number of aryl methyl sites for hydroxylation is 1. The van der Waals surface area contributed by atoms with Crippen molar-refractivity contribution in [3.05, 3.63) is 58.1 Å². The van der Waals surface area contributed by atoms with Crippen LogP contribution < -0.4 is 0 Å². The van der Waals surface area contributed by atoms with Crippen molar-refractivity contribution in [2.75, 3.05) is 0 Å². The Balaban J connectivity index is 2.03. The summed E-state index contributed by atoms with van der Waals surface area (Å²) in [6, 6.07) is 12.5. The Bertz CT molecular complexity index is 751. The SMILES string of the molecule is N#CC1(Cc2ccc(O)cc2Cl)CCc2cc(O)ccc21. The quantitative estimate of drug-likeness (QED) is 0.888. The second-order valence-corrected chi connectivity index (χ2v) is 5.90. The van der Waals surface area contributed by atoms with E-state index in [1.54, 1.807) is 24.3 Å². The molecule has 0 saturated heterocycles. The van der Waals surface area contributed by atoms with Gasteiger partial charge in [-0.05, 0) is 60.2 Å². The lowest BCUT2D eigenvalue weighted by Crippen LogP contribution is -2.24. The fourth-order valence-electron chi connectivity index (χ4n) is 3.08. The fraction of sp³-hybridized carbons (Fsp3) is 0.235. The number of halogens is 1. The van der Waals surface area contributed by atoms with E-state index in [4.69, 9.17) is 11.6 Å². The van der Waals surface area contributed by atoms with Crippen molar-refractivity contribution in [1.29, 1.82) is 5.26 Å². The van der Waals surface area contributed by atoms with E-state index in [0.717, 1.165) is 23.1 Å². The summed E-state index contributed by atoms with van der Waals surface area (Å²) >= 11 is 6.17. The number of aromatic hydroxyl groups is 2. The van der Waals surface area contributed by atoms with Gasteiger partial charge in [0.15, 0.2) is 0 Å². The normalized spacial score (nSPS) is 20.0. The number of rotatable bonds is 2. The van der Waals surface area contributed by atoms with E-state index in [0.29, 0.717) is 17.9 Å². The van der Waals surface area contributed by atoms with Crippen molar-refractivity contribution >= 4 is 11.6 Å². The van der Waals surface area contributed by atoms with Crippen molar-refractivity contribution < 1.29 is 10.2 Å². The second kappa shape index (κ2) is 4.98. The molecule has 0 aromatic heterocycles. The average molecular weight is 300 g/mol. The molecule has 2 N–H and O–H groups in total. The van der Waals surface area contributed by atoms with Gasteiger partial charge in [-0.1, -0.05) is 23.7 Å². The molecule has 3 rings (SSSR count). The Morgan fingerprint density at radius 3 is 2.57 bits per heavy atom. The fourth-order valence-corrected chi connectivity index (χ4v) is 3.32. The molecule has 1 aliphatic rings. The van der Waals surface area contributed by atoms with Crippen LogP contribution in [0.1, 0.15) is 23.1 Å². The molecule has 1 unspecified atom stereocenters. The highest BCUT2D eigenvalue weighted by molar-refractivity contribution is 6.31. The predicted octanol–water partition coefficient (Wildman–Crippen LogP) is 3.70. The Hall–Kier alpha value is -2.18. The van der Waals surface area contributed by atoms with E-state index in [2.05, 4.69) is 6.07 Å². The zero-order chi connectivity index (χ0) is 15.0. The molecule has 0 spiro atoms. The first kappa shape index (κ1) is 13.8. The van der Waals surface area contributed by atoms with Gasteiger partial charge in [-0.2, -0.15) is 5.26 Å². The van der Waals surface area contributed by atoms with Crippen molar-refractivity contribution in [1.82, 2.24) is 0 Å². The third-order valence-corrected chi connectivity index (χ3v) is 4.52. The number of nitrogens with zero attached hydrogens (tertiary/aromatic N) is 1. The topological polar surface area (TPSA) is 64.2 Å². The van der Waals surface area contributed by atoms with Gasteiger partial charge in [-0.3, -0.25) is 0 Å². The Kier molecular flexibility index (Phi) is 3.27. The number of phenolic OH excluding ortho intramolecular Hbond substituents is 2. The van der Waals surface area contributed by atoms with Gasteiger partial charge in [0.2, 0.25) is 0 Å². The van der Waals surface area contributed by atoms with Crippen LogP contribution in [0, 0.1) is 11.3 Å². The highest BCUT2D eigenvalue weighted by Gasteiger charge is 2.39. The molecule has 3 nitrogen and oxygen atoms in total. The molecular weight excluding hydrogens is 286 g/mol. The van der Waals surface area contributed by atoms with Gasteiger partial charge in [-0.15, -0.1) is 0 Å². The lowest BCUT2D eigenvalue weighted by molar-refractivity contribution is 0.473. The minimum absolute atomic E-state index is 0.117. The molecule has 0 radical (unpaired) electrons. The molecule has 0 fully saturated rings. The van der Waals surface area contributed by atoms with Gasteiger partial charge in [0.1, 0.15) is 11.5 Å². The van der Waals surface area contributed by atoms with Crippen LogP contribution in [0.3, 0.4) is 0 Å². The lowest BCUT2D eigenvalue weighted by Gasteiger charge is -2.23. The number of hydrogen-bond acceptors (Lipinski definition) is 3. The highest BCUT2D eigenvalue weighted by Crippen LogP contribution is 2.43. The first-order valence-electron chi connectivity index (χ1n) is 6.75. The summed E-state index contributed by atoms with van der Waals surface area (Å²) in [7, 11) is 0. The van der Waals surface area contributed by atoms with Crippen molar-refractivity contribution in [2.45, 2.75) is 24.7 Å². The summed E-state index contributed by atoms with van der Waals surface area (Å²) in [5.41, 5.74) is 2.21. The zero-order valence-corrected chi connectivity index (χ0v) is 12.1. The second-order valence-electron chi connectivity index (χ2n) is 5.49. The van der Waals surface area contributed by atoms with E-state index in [1.807, 2.05) is 6.07 Å². The summed E-state index contributed by atoms with van der Waals surface area (Å²) in [4.78, 5) is 0. The molecule has 2 aromatic rings. The summed E-state index contributed by atoms with van der Waals surface area (Å²) in [5, 5.41) is 29.2. The minimum Gasteiger partial charge on any atom is -0.508 e. The number of benzene rings is 2. The van der Waals surface area contributed by atoms with Crippen molar-refractivity contribution in [3.63, 3.8) is 0 Å². The van der Waals surface area contributed by atoms with E-state index in [-0.39, 0.29) is 11.5 Å². The molecule has 21 heavy (non-hydrogen) atoms. The summed E-state index contributed by atoms with van der Waals surface area (Å²) < 4.78 is 0. The molecule has 0 aliphatic heterocycles. The molecule has 0 amide bonds. The van der Waals surface area contributed by atoms with Gasteiger partial charge >= 0.3 is 0 Å². The molecule has 0 saturated carbocycles. The first-order chi connectivity index (χ1) is 10.0. The van der Waals surface area contributed by atoms with Gasteiger partial charge in [0, 0.05) is 5.02 Å². The van der Waals surface area contributed by atoms with E-state index < -0.39 is 5.41 Å². The Morgan fingerprint density at radius 2 is 1.86 bits per heavy atom. The van der Waals surface area contributed by atoms with E-state index >= 15 is 0 Å². The van der Waals surface area contributed by atoms with Gasteiger partial charge in [0.05, 0.1) is 11.5 Å². The van der Waals surface area contributed by atoms with E-state index in [9.17, 15) is 15.5 Å². The van der Waals surface area contributed by atoms with Gasteiger partial charge in [0.25, 0.3) is 0 Å². The molecule has 1 aliphatic carbocycles. The molecule has 2 aromatic carbocycles. The average Bonchev–Trinajstić information content (AvgIpc) is 2.80. The Labute approximate surface area is 128 Å². The highest BCUT2D eigenvalue weighted by atomic mass is 35.5. The third kappa shape index (κ3) is 2.32. The largest absolute Gasteiger partial charge is 0.508 e. The van der Waals surface area contributed by atoms with Crippen LogP contribution in [0.25, 0.3) is 0 Å². The standard InChI is InChI=1S/C17H14ClNO2/c18-16-8-14(21)2-1-12(16)9-17(10-19)6-5-11-7-13(20)3-4-15(11)17/h1-4,7-8,20-21H,5-6,9H2. The van der Waals surface area contributed by atoms with Crippen LogP contribution in [-0.2, 0) is 18.3 Å². The molecule has 106 valence electrons. The Morgan fingerprint density at radius 1 is 1.14 bits per heavy atom. The monoisotopic (exact) mass is 299 g/mol. The van der Waals surface area contributed by atoms with Gasteiger partial charge < -0.3 is 10.2 Å². The predicted molar refractivity (Wildman–Crippen MR) is 80.5 cm³/mol.